The molecular formula is C15H18N2O5S2. The number of thiophene rings is 1. The topological polar surface area (TPSA) is 84.9 Å². The molecule has 0 aliphatic carbocycles. The van der Waals surface area contributed by atoms with Crippen LogP contribution in [0.15, 0.2) is 39.9 Å². The van der Waals surface area contributed by atoms with Crippen molar-refractivity contribution in [2.45, 2.75) is 4.21 Å². The molecule has 130 valence electrons. The van der Waals surface area contributed by atoms with E-state index in [2.05, 4.69) is 4.72 Å². The maximum absolute atomic E-state index is 12.3. The Balaban J connectivity index is 2.10. The van der Waals surface area contributed by atoms with E-state index < -0.39 is 15.9 Å². The molecule has 24 heavy (non-hydrogen) atoms. The quantitative estimate of drug-likeness (QED) is 0.802. The van der Waals surface area contributed by atoms with Gasteiger partial charge in [0.1, 0.15) is 15.7 Å². The van der Waals surface area contributed by atoms with Gasteiger partial charge in [0.15, 0.2) is 0 Å². The Hall–Kier alpha value is -2.10. The Labute approximate surface area is 144 Å². The molecule has 2 rings (SSSR count). The molecule has 1 heterocycles. The first kappa shape index (κ1) is 18.2. The number of carbonyl (C=O) groups is 1. The highest BCUT2D eigenvalue weighted by atomic mass is 32.2. The van der Waals surface area contributed by atoms with E-state index in [9.17, 15) is 13.2 Å². The van der Waals surface area contributed by atoms with Gasteiger partial charge in [0.05, 0.1) is 26.5 Å². The molecule has 1 amide bonds. The van der Waals surface area contributed by atoms with Crippen LogP contribution in [0.4, 0.5) is 5.69 Å². The highest BCUT2D eigenvalue weighted by Gasteiger charge is 2.20. The van der Waals surface area contributed by atoms with Crippen molar-refractivity contribution in [2.75, 3.05) is 32.7 Å². The fraction of sp³-hybridized carbons (Fsp3) is 0.267. The van der Waals surface area contributed by atoms with Crippen LogP contribution in [0, 0.1) is 0 Å². The number of ether oxygens (including phenoxy) is 2. The molecule has 0 saturated carbocycles. The Kier molecular flexibility index (Phi) is 5.81. The van der Waals surface area contributed by atoms with E-state index in [0.29, 0.717) is 17.2 Å². The van der Waals surface area contributed by atoms with Gasteiger partial charge in [-0.2, -0.15) is 0 Å². The van der Waals surface area contributed by atoms with Crippen molar-refractivity contribution >= 4 is 33.0 Å². The summed E-state index contributed by atoms with van der Waals surface area (Å²) in [5, 5.41) is 1.66. The molecule has 0 spiro atoms. The molecule has 0 saturated heterocycles. The Morgan fingerprint density at radius 3 is 2.58 bits per heavy atom. The summed E-state index contributed by atoms with van der Waals surface area (Å²) < 4.78 is 36.9. The first-order valence-corrected chi connectivity index (χ1v) is 9.27. The SMILES string of the molecule is COc1ccc(N(C)C(=O)CNS(=O)(=O)c2cccs2)c(OC)c1. The molecule has 9 heteroatoms. The summed E-state index contributed by atoms with van der Waals surface area (Å²) in [5.41, 5.74) is 0.513. The molecule has 7 nitrogen and oxygen atoms in total. The Morgan fingerprint density at radius 1 is 1.25 bits per heavy atom. The molecule has 2 aromatic rings. The molecule has 1 N–H and O–H groups in total. The summed E-state index contributed by atoms with van der Waals surface area (Å²) >= 11 is 1.09. The van der Waals surface area contributed by atoms with Crippen LogP contribution in [0.5, 0.6) is 11.5 Å². The van der Waals surface area contributed by atoms with Crippen LogP contribution < -0.4 is 19.1 Å². The van der Waals surface area contributed by atoms with Crippen LogP contribution >= 0.6 is 11.3 Å². The van der Waals surface area contributed by atoms with E-state index >= 15 is 0 Å². The van der Waals surface area contributed by atoms with E-state index in [4.69, 9.17) is 9.47 Å². The minimum atomic E-state index is -3.68. The number of nitrogens with one attached hydrogen (secondary N) is 1. The van der Waals surface area contributed by atoms with Gasteiger partial charge in [-0.15, -0.1) is 11.3 Å². The zero-order valence-electron chi connectivity index (χ0n) is 13.5. The Morgan fingerprint density at radius 2 is 2.00 bits per heavy atom. The maximum Gasteiger partial charge on any atom is 0.250 e. The standard InChI is InChI=1S/C15H18N2O5S2/c1-17(12-7-6-11(21-2)9-13(12)22-3)14(18)10-16-24(19,20)15-5-4-8-23-15/h4-9,16H,10H2,1-3H3. The van der Waals surface area contributed by atoms with Crippen LogP contribution in [-0.4, -0.2) is 42.1 Å². The Bertz CT molecular complexity index is 803. The summed E-state index contributed by atoms with van der Waals surface area (Å²) in [7, 11) is 0.876. The molecule has 1 aromatic heterocycles. The fourth-order valence-electron chi connectivity index (χ4n) is 1.96. The van der Waals surface area contributed by atoms with Crippen molar-refractivity contribution in [1.82, 2.24) is 4.72 Å². The summed E-state index contributed by atoms with van der Waals surface area (Å²) in [6, 6.07) is 8.12. The second-order valence-electron chi connectivity index (χ2n) is 4.75. The number of likely N-dealkylation sites (N-methyl/N-ethyl adjacent to an activating group) is 1. The van der Waals surface area contributed by atoms with Gasteiger partial charge < -0.3 is 14.4 Å². The number of sulfonamides is 1. The average molecular weight is 370 g/mol. The number of hydrogen-bond acceptors (Lipinski definition) is 6. The molecule has 1 aromatic carbocycles. The third kappa shape index (κ3) is 4.05. The third-order valence-corrected chi connectivity index (χ3v) is 6.09. The minimum Gasteiger partial charge on any atom is -0.497 e. The van der Waals surface area contributed by atoms with Gasteiger partial charge in [-0.05, 0) is 23.6 Å². The third-order valence-electron chi connectivity index (χ3n) is 3.30. The molecule has 0 aliphatic rings. The lowest BCUT2D eigenvalue weighted by Crippen LogP contribution is -2.38. The lowest BCUT2D eigenvalue weighted by Gasteiger charge is -2.20. The zero-order chi connectivity index (χ0) is 17.7. The van der Waals surface area contributed by atoms with E-state index in [1.54, 1.807) is 36.7 Å². The highest BCUT2D eigenvalue weighted by Crippen LogP contribution is 2.31. The normalized spacial score (nSPS) is 11.1. The van der Waals surface area contributed by atoms with Gasteiger partial charge in [0, 0.05) is 13.1 Å². The molecule has 0 radical (unpaired) electrons. The van der Waals surface area contributed by atoms with Crippen molar-refractivity contribution < 1.29 is 22.7 Å². The van der Waals surface area contributed by atoms with Gasteiger partial charge in [0.25, 0.3) is 10.0 Å². The van der Waals surface area contributed by atoms with Gasteiger partial charge >= 0.3 is 0 Å². The summed E-state index contributed by atoms with van der Waals surface area (Å²) in [4.78, 5) is 13.6. The van der Waals surface area contributed by atoms with Crippen molar-refractivity contribution in [2.24, 2.45) is 0 Å². The first-order chi connectivity index (χ1) is 11.4. The lowest BCUT2D eigenvalue weighted by molar-refractivity contribution is -0.117. The largest absolute Gasteiger partial charge is 0.497 e. The molecule has 0 aliphatic heterocycles. The van der Waals surface area contributed by atoms with Gasteiger partial charge in [-0.25, -0.2) is 13.1 Å². The van der Waals surface area contributed by atoms with Crippen molar-refractivity contribution in [3.05, 3.63) is 35.7 Å². The molecule has 0 bridgehead atoms. The van der Waals surface area contributed by atoms with E-state index in [1.807, 2.05) is 0 Å². The van der Waals surface area contributed by atoms with E-state index in [0.717, 1.165) is 11.3 Å². The monoisotopic (exact) mass is 370 g/mol. The molecule has 0 fully saturated rings. The van der Waals surface area contributed by atoms with Crippen LogP contribution in [-0.2, 0) is 14.8 Å². The predicted molar refractivity (Wildman–Crippen MR) is 92.5 cm³/mol. The highest BCUT2D eigenvalue weighted by molar-refractivity contribution is 7.91. The zero-order valence-corrected chi connectivity index (χ0v) is 15.1. The molecule has 0 unspecified atom stereocenters. The fourth-order valence-corrected chi connectivity index (χ4v) is 3.97. The number of hydrogen-bond donors (Lipinski definition) is 1. The van der Waals surface area contributed by atoms with Crippen molar-refractivity contribution in [3.8, 4) is 11.5 Å². The van der Waals surface area contributed by atoms with Crippen LogP contribution in [0.2, 0.25) is 0 Å². The van der Waals surface area contributed by atoms with Gasteiger partial charge in [0.2, 0.25) is 5.91 Å². The summed E-state index contributed by atoms with van der Waals surface area (Å²) in [6.45, 7) is -0.355. The van der Waals surface area contributed by atoms with Gasteiger partial charge in [-0.1, -0.05) is 6.07 Å². The molecular weight excluding hydrogens is 352 g/mol. The second kappa shape index (κ2) is 7.65. The van der Waals surface area contributed by atoms with Gasteiger partial charge in [-0.3, -0.25) is 4.79 Å². The summed E-state index contributed by atoms with van der Waals surface area (Å²) in [5.74, 6) is 0.625. The lowest BCUT2D eigenvalue weighted by atomic mass is 10.2. The first-order valence-electron chi connectivity index (χ1n) is 6.91. The number of carbonyl (C=O) groups excluding carboxylic acids is 1. The number of rotatable bonds is 7. The summed E-state index contributed by atoms with van der Waals surface area (Å²) in [6.07, 6.45) is 0. The average Bonchev–Trinajstić information content (AvgIpc) is 3.14. The number of nitrogens with zero attached hydrogens (tertiary/aromatic N) is 1. The smallest absolute Gasteiger partial charge is 0.250 e. The van der Waals surface area contributed by atoms with Crippen LogP contribution in [0.1, 0.15) is 0 Å². The minimum absolute atomic E-state index is 0.167. The number of amides is 1. The number of anilines is 1. The number of methoxy groups -OCH3 is 2. The second-order valence-corrected chi connectivity index (χ2v) is 7.69. The maximum atomic E-state index is 12.3. The predicted octanol–water partition coefficient (Wildman–Crippen LogP) is 1.71. The van der Waals surface area contributed by atoms with Crippen LogP contribution in [0.25, 0.3) is 0 Å². The van der Waals surface area contributed by atoms with E-state index in [1.165, 1.54) is 25.2 Å². The molecule has 0 atom stereocenters. The van der Waals surface area contributed by atoms with Crippen molar-refractivity contribution in [3.63, 3.8) is 0 Å². The number of benzene rings is 1. The van der Waals surface area contributed by atoms with E-state index in [-0.39, 0.29) is 10.8 Å². The van der Waals surface area contributed by atoms with Crippen LogP contribution in [0.3, 0.4) is 0 Å². The van der Waals surface area contributed by atoms with Crippen molar-refractivity contribution in [1.29, 1.82) is 0 Å².